The lowest BCUT2D eigenvalue weighted by Gasteiger charge is -2.21. The van der Waals surface area contributed by atoms with Gasteiger partial charge in [0.25, 0.3) is 0 Å². The van der Waals surface area contributed by atoms with Crippen LogP contribution >= 0.6 is 0 Å². The van der Waals surface area contributed by atoms with Gasteiger partial charge < -0.3 is 9.84 Å². The number of aliphatic hydroxyl groups excluding tert-OH is 1. The van der Waals surface area contributed by atoms with Gasteiger partial charge in [-0.3, -0.25) is 0 Å². The van der Waals surface area contributed by atoms with E-state index in [4.69, 9.17) is 4.74 Å². The molecule has 0 radical (unpaired) electrons. The molecule has 1 rings (SSSR count). The van der Waals surface area contributed by atoms with Crippen molar-refractivity contribution in [2.45, 2.75) is 39.2 Å². The number of sulfone groups is 1. The third-order valence-electron chi connectivity index (χ3n) is 2.97. The predicted molar refractivity (Wildman–Crippen MR) is 81.1 cm³/mol. The molecule has 0 aliphatic heterocycles. The molecule has 1 aromatic rings. The van der Waals surface area contributed by atoms with Crippen molar-refractivity contribution in [2.75, 3.05) is 18.6 Å². The SMILES string of the molecule is Cc1cc(C(C)(C)C)ccc1OC[C@H](O)CS(C)(=O)=O. The average molecular weight is 300 g/mol. The van der Waals surface area contributed by atoms with Gasteiger partial charge in [0.1, 0.15) is 28.3 Å². The van der Waals surface area contributed by atoms with Crippen LogP contribution in [0.15, 0.2) is 18.2 Å². The Kier molecular flexibility index (Phi) is 5.21. The molecule has 0 aromatic heterocycles. The van der Waals surface area contributed by atoms with E-state index in [1.165, 1.54) is 5.56 Å². The van der Waals surface area contributed by atoms with Crippen LogP contribution in [0.2, 0.25) is 0 Å². The van der Waals surface area contributed by atoms with Gasteiger partial charge in [0, 0.05) is 6.26 Å². The van der Waals surface area contributed by atoms with Crippen molar-refractivity contribution in [3.8, 4) is 5.75 Å². The first kappa shape index (κ1) is 17.0. The topological polar surface area (TPSA) is 63.6 Å². The van der Waals surface area contributed by atoms with E-state index < -0.39 is 15.9 Å². The predicted octanol–water partition coefficient (Wildman–Crippen LogP) is 2.08. The lowest BCUT2D eigenvalue weighted by molar-refractivity contribution is 0.124. The van der Waals surface area contributed by atoms with Gasteiger partial charge in [-0.15, -0.1) is 0 Å². The highest BCUT2D eigenvalue weighted by Gasteiger charge is 2.16. The molecule has 5 heteroatoms. The lowest BCUT2D eigenvalue weighted by Crippen LogP contribution is -2.26. The van der Waals surface area contributed by atoms with Crippen LogP contribution in [0.25, 0.3) is 0 Å². The zero-order chi connectivity index (χ0) is 15.6. The van der Waals surface area contributed by atoms with Crippen LogP contribution < -0.4 is 4.74 Å². The van der Waals surface area contributed by atoms with E-state index in [0.717, 1.165) is 11.8 Å². The van der Waals surface area contributed by atoms with Crippen molar-refractivity contribution in [3.05, 3.63) is 29.3 Å². The van der Waals surface area contributed by atoms with E-state index in [0.29, 0.717) is 5.75 Å². The molecule has 114 valence electrons. The van der Waals surface area contributed by atoms with Crippen LogP contribution in [0.3, 0.4) is 0 Å². The first-order valence-electron chi connectivity index (χ1n) is 6.59. The number of aryl methyl sites for hydroxylation is 1. The van der Waals surface area contributed by atoms with Gasteiger partial charge in [-0.25, -0.2) is 8.42 Å². The normalized spacial score (nSPS) is 14.1. The molecule has 0 heterocycles. The summed E-state index contributed by atoms with van der Waals surface area (Å²) in [5, 5.41) is 9.62. The van der Waals surface area contributed by atoms with Crippen LogP contribution in [0.4, 0.5) is 0 Å². The van der Waals surface area contributed by atoms with E-state index in [2.05, 4.69) is 26.8 Å². The van der Waals surface area contributed by atoms with Crippen molar-refractivity contribution in [1.82, 2.24) is 0 Å². The Bertz CT molecular complexity index is 556. The fraction of sp³-hybridized carbons (Fsp3) is 0.600. The summed E-state index contributed by atoms with van der Waals surface area (Å²) in [5.41, 5.74) is 2.25. The largest absolute Gasteiger partial charge is 0.491 e. The summed E-state index contributed by atoms with van der Waals surface area (Å²) in [6.07, 6.45) is 0.0891. The zero-order valence-corrected chi connectivity index (χ0v) is 13.6. The molecular weight excluding hydrogens is 276 g/mol. The van der Waals surface area contributed by atoms with Gasteiger partial charge in [-0.05, 0) is 29.5 Å². The minimum absolute atomic E-state index is 0.0250. The first-order chi connectivity index (χ1) is 8.99. The van der Waals surface area contributed by atoms with E-state index in [9.17, 15) is 13.5 Å². The number of aliphatic hydroxyl groups is 1. The molecule has 20 heavy (non-hydrogen) atoms. The Labute approximate surface area is 121 Å². The Morgan fingerprint density at radius 3 is 2.35 bits per heavy atom. The maximum absolute atomic E-state index is 11.1. The third kappa shape index (κ3) is 5.51. The molecule has 0 aliphatic rings. The quantitative estimate of drug-likeness (QED) is 0.904. The average Bonchev–Trinajstić information content (AvgIpc) is 2.23. The number of benzene rings is 1. The number of ether oxygens (including phenoxy) is 1. The van der Waals surface area contributed by atoms with Gasteiger partial charge in [-0.2, -0.15) is 0 Å². The second-order valence-electron chi connectivity index (χ2n) is 6.29. The lowest BCUT2D eigenvalue weighted by atomic mass is 9.86. The molecule has 0 aliphatic carbocycles. The minimum Gasteiger partial charge on any atom is -0.491 e. The van der Waals surface area contributed by atoms with Gasteiger partial charge >= 0.3 is 0 Å². The number of hydrogen-bond donors (Lipinski definition) is 1. The zero-order valence-electron chi connectivity index (χ0n) is 12.8. The molecule has 4 nitrogen and oxygen atoms in total. The molecule has 1 N–H and O–H groups in total. The summed E-state index contributed by atoms with van der Waals surface area (Å²) < 4.78 is 27.6. The van der Waals surface area contributed by atoms with Crippen LogP contribution in [0.1, 0.15) is 31.9 Å². The van der Waals surface area contributed by atoms with Crippen molar-refractivity contribution in [1.29, 1.82) is 0 Å². The van der Waals surface area contributed by atoms with Crippen LogP contribution in [0, 0.1) is 6.92 Å². The van der Waals surface area contributed by atoms with Crippen molar-refractivity contribution in [3.63, 3.8) is 0 Å². The van der Waals surface area contributed by atoms with E-state index in [1.807, 2.05) is 19.1 Å². The summed E-state index contributed by atoms with van der Waals surface area (Å²) in [6, 6.07) is 5.91. The highest BCUT2D eigenvalue weighted by atomic mass is 32.2. The van der Waals surface area contributed by atoms with Crippen LogP contribution in [0.5, 0.6) is 5.75 Å². The molecule has 0 unspecified atom stereocenters. The van der Waals surface area contributed by atoms with Crippen LogP contribution in [-0.2, 0) is 15.3 Å². The van der Waals surface area contributed by atoms with Crippen molar-refractivity contribution in [2.24, 2.45) is 0 Å². The maximum atomic E-state index is 11.1. The van der Waals surface area contributed by atoms with Gasteiger partial charge in [0.15, 0.2) is 0 Å². The highest BCUT2D eigenvalue weighted by molar-refractivity contribution is 7.90. The van der Waals surface area contributed by atoms with E-state index in [-0.39, 0.29) is 17.8 Å². The molecule has 0 fully saturated rings. The first-order valence-corrected chi connectivity index (χ1v) is 8.65. The Morgan fingerprint density at radius 2 is 1.90 bits per heavy atom. The summed E-state index contributed by atoms with van der Waals surface area (Å²) in [4.78, 5) is 0. The molecule has 1 aromatic carbocycles. The molecule has 0 bridgehead atoms. The fourth-order valence-electron chi connectivity index (χ4n) is 1.86. The van der Waals surface area contributed by atoms with Crippen molar-refractivity contribution >= 4 is 9.84 Å². The highest BCUT2D eigenvalue weighted by Crippen LogP contribution is 2.27. The summed E-state index contributed by atoms with van der Waals surface area (Å²) in [5.74, 6) is 0.386. The standard InChI is InChI=1S/C15H24O4S/c1-11-8-12(15(2,3)4)6-7-14(11)19-9-13(16)10-20(5,17)18/h6-8,13,16H,9-10H2,1-5H3/t13-/m0/s1. The molecule has 1 atom stereocenters. The van der Waals surface area contributed by atoms with Crippen LogP contribution in [-0.4, -0.2) is 38.2 Å². The number of hydrogen-bond acceptors (Lipinski definition) is 4. The Hall–Kier alpha value is -1.07. The second-order valence-corrected chi connectivity index (χ2v) is 8.47. The van der Waals surface area contributed by atoms with E-state index in [1.54, 1.807) is 0 Å². The molecule has 0 saturated heterocycles. The molecule has 0 amide bonds. The Balaban J connectivity index is 2.70. The summed E-state index contributed by atoms with van der Waals surface area (Å²) >= 11 is 0. The minimum atomic E-state index is -3.19. The summed E-state index contributed by atoms with van der Waals surface area (Å²) in [6.45, 7) is 8.32. The van der Waals surface area contributed by atoms with Gasteiger partial charge in [0.2, 0.25) is 0 Å². The molecular formula is C15H24O4S. The molecule has 0 saturated carbocycles. The maximum Gasteiger partial charge on any atom is 0.150 e. The number of rotatable bonds is 5. The third-order valence-corrected chi connectivity index (χ3v) is 3.96. The molecule has 0 spiro atoms. The van der Waals surface area contributed by atoms with Crippen molar-refractivity contribution < 1.29 is 18.3 Å². The monoisotopic (exact) mass is 300 g/mol. The fourth-order valence-corrected chi connectivity index (χ4v) is 2.66. The smallest absolute Gasteiger partial charge is 0.150 e. The Morgan fingerprint density at radius 1 is 1.30 bits per heavy atom. The second kappa shape index (κ2) is 6.14. The van der Waals surface area contributed by atoms with Gasteiger partial charge in [0.05, 0.1) is 5.75 Å². The summed E-state index contributed by atoms with van der Waals surface area (Å²) in [7, 11) is -3.19. The van der Waals surface area contributed by atoms with Gasteiger partial charge in [-0.1, -0.05) is 32.9 Å². The van der Waals surface area contributed by atoms with E-state index >= 15 is 0 Å².